The van der Waals surface area contributed by atoms with E-state index in [-0.39, 0.29) is 6.04 Å². The molecule has 0 bridgehead atoms. The van der Waals surface area contributed by atoms with E-state index in [1.165, 1.54) is 0 Å². The van der Waals surface area contributed by atoms with Crippen LogP contribution in [0.1, 0.15) is 17.2 Å². The molecule has 0 saturated heterocycles. The van der Waals surface area contributed by atoms with Crippen LogP contribution in [0.15, 0.2) is 36.7 Å². The Balaban J connectivity index is 2.40. The molecule has 1 heterocycles. The molecule has 2 aromatic rings. The number of hydrogen-bond donors (Lipinski definition) is 1. The number of nitrogens with two attached hydrogens (primary N) is 1. The highest BCUT2D eigenvalue weighted by Gasteiger charge is 2.15. The van der Waals surface area contributed by atoms with E-state index in [4.69, 9.17) is 17.3 Å². The Hall–Kier alpha value is -1.32. The van der Waals surface area contributed by atoms with E-state index in [1.54, 1.807) is 0 Å². The van der Waals surface area contributed by atoms with Crippen molar-refractivity contribution in [1.82, 2.24) is 9.78 Å². The lowest BCUT2D eigenvalue weighted by Gasteiger charge is -2.17. The third-order valence-electron chi connectivity index (χ3n) is 2.54. The Kier molecular flexibility index (Phi) is 3.27. The predicted octanol–water partition coefficient (Wildman–Crippen LogP) is 2.39. The number of nitrogens with zero attached hydrogens (tertiary/aromatic N) is 2. The van der Waals surface area contributed by atoms with Crippen molar-refractivity contribution in [3.63, 3.8) is 0 Å². The first kappa shape index (κ1) is 11.2. The van der Waals surface area contributed by atoms with E-state index >= 15 is 0 Å². The van der Waals surface area contributed by atoms with Crippen molar-refractivity contribution in [3.05, 3.63) is 52.8 Å². The van der Waals surface area contributed by atoms with Crippen LogP contribution in [0.25, 0.3) is 0 Å². The van der Waals surface area contributed by atoms with Gasteiger partial charge in [-0.1, -0.05) is 29.8 Å². The van der Waals surface area contributed by atoms with Crippen molar-refractivity contribution in [2.75, 3.05) is 6.54 Å². The smallest absolute Gasteiger partial charge is 0.0905 e. The quantitative estimate of drug-likeness (QED) is 0.888. The molecule has 0 saturated carbocycles. The zero-order valence-corrected chi connectivity index (χ0v) is 9.85. The van der Waals surface area contributed by atoms with E-state index < -0.39 is 0 Å². The summed E-state index contributed by atoms with van der Waals surface area (Å²) in [4.78, 5) is 0. The highest BCUT2D eigenvalue weighted by atomic mass is 35.5. The van der Waals surface area contributed by atoms with Crippen LogP contribution in [-0.4, -0.2) is 16.3 Å². The SMILES string of the molecule is Cc1cnn(C(CN)c2ccccc2Cl)c1. The molecule has 1 atom stereocenters. The molecule has 0 amide bonds. The number of rotatable bonds is 3. The Morgan fingerprint density at radius 1 is 1.44 bits per heavy atom. The van der Waals surface area contributed by atoms with Gasteiger partial charge in [-0.2, -0.15) is 5.10 Å². The average Bonchev–Trinajstić information content (AvgIpc) is 2.69. The van der Waals surface area contributed by atoms with Crippen LogP contribution in [0, 0.1) is 6.92 Å². The van der Waals surface area contributed by atoms with Crippen LogP contribution in [0.5, 0.6) is 0 Å². The van der Waals surface area contributed by atoms with Gasteiger partial charge in [-0.05, 0) is 24.1 Å². The van der Waals surface area contributed by atoms with E-state index in [2.05, 4.69) is 5.10 Å². The number of aryl methyl sites for hydroxylation is 1. The summed E-state index contributed by atoms with van der Waals surface area (Å²) in [5.74, 6) is 0. The number of halogens is 1. The van der Waals surface area contributed by atoms with E-state index in [9.17, 15) is 0 Å². The minimum absolute atomic E-state index is 0.00222. The molecule has 0 aliphatic carbocycles. The molecular weight excluding hydrogens is 222 g/mol. The molecule has 0 fully saturated rings. The fraction of sp³-hybridized carbons (Fsp3) is 0.250. The van der Waals surface area contributed by atoms with Crippen LogP contribution < -0.4 is 5.73 Å². The van der Waals surface area contributed by atoms with Crippen molar-refractivity contribution in [2.45, 2.75) is 13.0 Å². The molecule has 0 aliphatic rings. The summed E-state index contributed by atoms with van der Waals surface area (Å²) in [6, 6.07) is 7.73. The van der Waals surface area contributed by atoms with Crippen molar-refractivity contribution in [3.8, 4) is 0 Å². The fourth-order valence-electron chi connectivity index (χ4n) is 1.73. The molecule has 1 aromatic heterocycles. The molecule has 0 radical (unpaired) electrons. The first-order chi connectivity index (χ1) is 7.72. The zero-order chi connectivity index (χ0) is 11.5. The highest BCUT2D eigenvalue weighted by molar-refractivity contribution is 6.31. The predicted molar refractivity (Wildman–Crippen MR) is 65.6 cm³/mol. The first-order valence-corrected chi connectivity index (χ1v) is 5.55. The lowest BCUT2D eigenvalue weighted by atomic mass is 10.1. The maximum atomic E-state index is 6.16. The summed E-state index contributed by atoms with van der Waals surface area (Å²) in [6.45, 7) is 2.48. The maximum Gasteiger partial charge on any atom is 0.0905 e. The summed E-state index contributed by atoms with van der Waals surface area (Å²) in [7, 11) is 0. The van der Waals surface area contributed by atoms with Crippen molar-refractivity contribution in [1.29, 1.82) is 0 Å². The second kappa shape index (κ2) is 4.68. The molecule has 84 valence electrons. The molecule has 16 heavy (non-hydrogen) atoms. The normalized spacial score (nSPS) is 12.7. The van der Waals surface area contributed by atoms with Crippen LogP contribution in [0.2, 0.25) is 5.02 Å². The standard InChI is InChI=1S/C12H14ClN3/c1-9-7-15-16(8-9)12(6-14)10-4-2-3-5-11(10)13/h2-5,7-8,12H,6,14H2,1H3. The van der Waals surface area contributed by atoms with Crippen LogP contribution in [0.3, 0.4) is 0 Å². The van der Waals surface area contributed by atoms with Gasteiger partial charge in [0.25, 0.3) is 0 Å². The fourth-order valence-corrected chi connectivity index (χ4v) is 1.99. The molecule has 2 rings (SSSR count). The van der Waals surface area contributed by atoms with Gasteiger partial charge in [-0.25, -0.2) is 0 Å². The van der Waals surface area contributed by atoms with Gasteiger partial charge in [0.2, 0.25) is 0 Å². The van der Waals surface area contributed by atoms with Crippen LogP contribution in [0.4, 0.5) is 0 Å². The molecule has 0 aliphatic heterocycles. The highest BCUT2D eigenvalue weighted by Crippen LogP contribution is 2.24. The molecule has 2 N–H and O–H groups in total. The lowest BCUT2D eigenvalue weighted by molar-refractivity contribution is 0.532. The van der Waals surface area contributed by atoms with Gasteiger partial charge < -0.3 is 5.73 Å². The number of benzene rings is 1. The van der Waals surface area contributed by atoms with E-state index in [1.807, 2.05) is 48.3 Å². The Labute approximate surface area is 99.8 Å². The van der Waals surface area contributed by atoms with Gasteiger partial charge in [-0.15, -0.1) is 0 Å². The van der Waals surface area contributed by atoms with Crippen molar-refractivity contribution < 1.29 is 0 Å². The van der Waals surface area contributed by atoms with Gasteiger partial charge in [-0.3, -0.25) is 4.68 Å². The molecule has 3 nitrogen and oxygen atoms in total. The van der Waals surface area contributed by atoms with Crippen LogP contribution in [-0.2, 0) is 0 Å². The van der Waals surface area contributed by atoms with Crippen LogP contribution >= 0.6 is 11.6 Å². The minimum Gasteiger partial charge on any atom is -0.328 e. The van der Waals surface area contributed by atoms with Gasteiger partial charge >= 0.3 is 0 Å². The van der Waals surface area contributed by atoms with Gasteiger partial charge in [0, 0.05) is 17.8 Å². The van der Waals surface area contributed by atoms with E-state index in [0.29, 0.717) is 6.54 Å². The Morgan fingerprint density at radius 3 is 2.75 bits per heavy atom. The Morgan fingerprint density at radius 2 is 2.19 bits per heavy atom. The van der Waals surface area contributed by atoms with Gasteiger partial charge in [0.15, 0.2) is 0 Å². The third-order valence-corrected chi connectivity index (χ3v) is 2.88. The first-order valence-electron chi connectivity index (χ1n) is 5.17. The summed E-state index contributed by atoms with van der Waals surface area (Å²) in [6.07, 6.45) is 3.79. The largest absolute Gasteiger partial charge is 0.328 e. The number of aromatic nitrogens is 2. The molecule has 0 spiro atoms. The van der Waals surface area contributed by atoms with E-state index in [0.717, 1.165) is 16.1 Å². The van der Waals surface area contributed by atoms with Crippen molar-refractivity contribution in [2.24, 2.45) is 5.73 Å². The molecule has 1 unspecified atom stereocenters. The average molecular weight is 236 g/mol. The van der Waals surface area contributed by atoms with Gasteiger partial charge in [0.05, 0.1) is 12.2 Å². The summed E-state index contributed by atoms with van der Waals surface area (Å²) in [5.41, 5.74) is 7.92. The monoisotopic (exact) mass is 235 g/mol. The second-order valence-corrected chi connectivity index (χ2v) is 4.18. The zero-order valence-electron chi connectivity index (χ0n) is 9.10. The van der Waals surface area contributed by atoms with Crippen molar-refractivity contribution >= 4 is 11.6 Å². The minimum atomic E-state index is 0.00222. The molecular formula is C12H14ClN3. The third kappa shape index (κ3) is 2.10. The van der Waals surface area contributed by atoms with Gasteiger partial charge in [0.1, 0.15) is 0 Å². The summed E-state index contributed by atoms with van der Waals surface area (Å²) < 4.78 is 1.86. The number of hydrogen-bond acceptors (Lipinski definition) is 2. The lowest BCUT2D eigenvalue weighted by Crippen LogP contribution is -2.21. The topological polar surface area (TPSA) is 43.8 Å². The molecule has 1 aromatic carbocycles. The second-order valence-electron chi connectivity index (χ2n) is 3.77. The Bertz CT molecular complexity index is 479. The summed E-state index contributed by atoms with van der Waals surface area (Å²) in [5, 5.41) is 5.01. The summed E-state index contributed by atoms with van der Waals surface area (Å²) >= 11 is 6.16. The maximum absolute atomic E-state index is 6.16. The molecule has 4 heteroatoms.